The van der Waals surface area contributed by atoms with E-state index in [0.29, 0.717) is 6.04 Å². The van der Waals surface area contributed by atoms with Crippen molar-refractivity contribution in [3.63, 3.8) is 0 Å². The third kappa shape index (κ3) is 2.89. The summed E-state index contributed by atoms with van der Waals surface area (Å²) >= 11 is 0. The van der Waals surface area contributed by atoms with E-state index in [1.807, 2.05) is 0 Å². The summed E-state index contributed by atoms with van der Waals surface area (Å²) in [6.07, 6.45) is 2.56. The Bertz CT molecular complexity index is 595. The zero-order valence-electron chi connectivity index (χ0n) is 13.3. The van der Waals surface area contributed by atoms with E-state index in [9.17, 15) is 0 Å². The average molecular weight is 279 g/mol. The van der Waals surface area contributed by atoms with Gasteiger partial charge < -0.3 is 0 Å². The van der Waals surface area contributed by atoms with Gasteiger partial charge in [-0.25, -0.2) is 0 Å². The fourth-order valence-electron chi connectivity index (χ4n) is 3.56. The fourth-order valence-corrected chi connectivity index (χ4v) is 3.56. The van der Waals surface area contributed by atoms with E-state index in [1.54, 1.807) is 0 Å². The minimum absolute atomic E-state index is 0.227. The largest absolute Gasteiger partial charge is 0.291 e. The molecule has 1 aliphatic heterocycles. The number of hydrogen-bond acceptors (Lipinski definition) is 1. The Morgan fingerprint density at radius 2 is 1.57 bits per heavy atom. The van der Waals surface area contributed by atoms with E-state index in [2.05, 4.69) is 80.3 Å². The normalized spacial score (nSPS) is 19.9. The highest BCUT2D eigenvalue weighted by molar-refractivity contribution is 5.68. The van der Waals surface area contributed by atoms with Gasteiger partial charge in [0.25, 0.3) is 0 Å². The molecule has 1 heterocycles. The lowest BCUT2D eigenvalue weighted by atomic mass is 9.92. The van der Waals surface area contributed by atoms with Gasteiger partial charge in [0.05, 0.1) is 0 Å². The molecule has 0 amide bonds. The van der Waals surface area contributed by atoms with Gasteiger partial charge in [-0.3, -0.25) is 4.90 Å². The average Bonchev–Trinajstić information content (AvgIpc) is 2.98. The Labute approximate surface area is 128 Å². The van der Waals surface area contributed by atoms with Crippen LogP contribution in [0.5, 0.6) is 0 Å². The molecule has 0 radical (unpaired) electrons. The smallest absolute Gasteiger partial charge is 0.0359 e. The Morgan fingerprint density at radius 3 is 2.29 bits per heavy atom. The third-order valence-corrected chi connectivity index (χ3v) is 4.52. The van der Waals surface area contributed by atoms with Gasteiger partial charge in [0, 0.05) is 11.6 Å². The monoisotopic (exact) mass is 279 g/mol. The maximum atomic E-state index is 2.66. The van der Waals surface area contributed by atoms with Crippen LogP contribution < -0.4 is 0 Å². The Balaban J connectivity index is 2.03. The molecule has 2 aromatic rings. The molecule has 21 heavy (non-hydrogen) atoms. The molecule has 0 aromatic heterocycles. The highest BCUT2D eigenvalue weighted by atomic mass is 15.2. The molecule has 110 valence electrons. The van der Waals surface area contributed by atoms with Crippen molar-refractivity contribution in [2.75, 3.05) is 6.54 Å². The topological polar surface area (TPSA) is 3.24 Å². The van der Waals surface area contributed by atoms with Crippen LogP contribution in [0.4, 0.5) is 0 Å². The van der Waals surface area contributed by atoms with Gasteiger partial charge in [-0.05, 0) is 56.8 Å². The van der Waals surface area contributed by atoms with Gasteiger partial charge in [-0.1, -0.05) is 54.6 Å². The summed E-state index contributed by atoms with van der Waals surface area (Å²) in [5.41, 5.74) is 4.43. The molecular formula is C20H25N. The maximum Gasteiger partial charge on any atom is 0.0359 e. The summed E-state index contributed by atoms with van der Waals surface area (Å²) in [5, 5.41) is 0. The molecule has 0 N–H and O–H groups in total. The molecule has 1 heteroatoms. The van der Waals surface area contributed by atoms with E-state index in [1.165, 1.54) is 36.1 Å². The molecule has 0 aliphatic carbocycles. The Hall–Kier alpha value is -1.60. The van der Waals surface area contributed by atoms with Gasteiger partial charge in [0.15, 0.2) is 0 Å². The summed E-state index contributed by atoms with van der Waals surface area (Å²) in [4.78, 5) is 2.66. The minimum Gasteiger partial charge on any atom is -0.291 e. The van der Waals surface area contributed by atoms with Gasteiger partial charge in [-0.15, -0.1) is 0 Å². The van der Waals surface area contributed by atoms with Crippen LogP contribution in [0.2, 0.25) is 0 Å². The van der Waals surface area contributed by atoms with Crippen molar-refractivity contribution in [1.29, 1.82) is 0 Å². The van der Waals surface area contributed by atoms with Crippen molar-refractivity contribution in [3.8, 4) is 11.1 Å². The van der Waals surface area contributed by atoms with Crippen LogP contribution in [0.25, 0.3) is 11.1 Å². The highest BCUT2D eigenvalue weighted by Crippen LogP contribution is 2.40. The molecule has 0 saturated carbocycles. The van der Waals surface area contributed by atoms with E-state index in [0.717, 1.165) is 0 Å². The van der Waals surface area contributed by atoms with Crippen LogP contribution in [0.1, 0.15) is 45.2 Å². The molecule has 1 saturated heterocycles. The lowest BCUT2D eigenvalue weighted by molar-refractivity contribution is 0.122. The Morgan fingerprint density at radius 1 is 0.905 bits per heavy atom. The first kappa shape index (κ1) is 14.3. The van der Waals surface area contributed by atoms with Crippen LogP contribution in [0, 0.1) is 0 Å². The van der Waals surface area contributed by atoms with Crippen molar-refractivity contribution in [3.05, 3.63) is 60.2 Å². The zero-order valence-corrected chi connectivity index (χ0v) is 13.3. The first-order valence-corrected chi connectivity index (χ1v) is 7.98. The third-order valence-electron chi connectivity index (χ3n) is 4.52. The zero-order chi connectivity index (χ0) is 14.9. The highest BCUT2D eigenvalue weighted by Gasteiger charge is 2.34. The summed E-state index contributed by atoms with van der Waals surface area (Å²) < 4.78 is 0. The summed E-state index contributed by atoms with van der Waals surface area (Å²) in [6, 6.07) is 20.2. The molecule has 1 nitrogen and oxygen atoms in total. The predicted molar refractivity (Wildman–Crippen MR) is 90.3 cm³/mol. The van der Waals surface area contributed by atoms with Crippen LogP contribution in [0.15, 0.2) is 54.6 Å². The van der Waals surface area contributed by atoms with Crippen molar-refractivity contribution in [1.82, 2.24) is 4.90 Å². The van der Waals surface area contributed by atoms with E-state index >= 15 is 0 Å². The quantitative estimate of drug-likeness (QED) is 0.722. The molecule has 1 atom stereocenters. The van der Waals surface area contributed by atoms with Crippen LogP contribution in [-0.2, 0) is 0 Å². The first-order valence-electron chi connectivity index (χ1n) is 7.98. The Kier molecular flexibility index (Phi) is 3.86. The minimum atomic E-state index is 0.227. The second-order valence-corrected chi connectivity index (χ2v) is 6.98. The molecule has 3 rings (SSSR count). The second-order valence-electron chi connectivity index (χ2n) is 6.98. The van der Waals surface area contributed by atoms with Crippen molar-refractivity contribution >= 4 is 0 Å². The van der Waals surface area contributed by atoms with Crippen molar-refractivity contribution in [2.45, 2.75) is 45.2 Å². The van der Waals surface area contributed by atoms with Gasteiger partial charge in [-0.2, -0.15) is 0 Å². The molecule has 1 fully saturated rings. The molecule has 2 aromatic carbocycles. The second kappa shape index (κ2) is 5.65. The van der Waals surface area contributed by atoms with Crippen molar-refractivity contribution < 1.29 is 0 Å². The van der Waals surface area contributed by atoms with Crippen LogP contribution >= 0.6 is 0 Å². The number of rotatable bonds is 2. The fraction of sp³-hybridized carbons (Fsp3) is 0.400. The lowest BCUT2D eigenvalue weighted by Crippen LogP contribution is -2.40. The molecule has 0 bridgehead atoms. The SMILES string of the molecule is CC(C)(C)N1CCCC1c1ccccc1-c1ccccc1. The number of nitrogens with zero attached hydrogens (tertiary/aromatic N) is 1. The van der Waals surface area contributed by atoms with Crippen LogP contribution in [-0.4, -0.2) is 17.0 Å². The van der Waals surface area contributed by atoms with Gasteiger partial charge >= 0.3 is 0 Å². The standard InChI is InChI=1S/C20H25N/c1-20(2,3)21-15-9-14-19(21)18-13-8-7-12-17(18)16-10-5-4-6-11-16/h4-8,10-13,19H,9,14-15H2,1-3H3. The summed E-state index contributed by atoms with van der Waals surface area (Å²) in [7, 11) is 0. The van der Waals surface area contributed by atoms with Gasteiger partial charge in [0.2, 0.25) is 0 Å². The van der Waals surface area contributed by atoms with E-state index in [4.69, 9.17) is 0 Å². The number of likely N-dealkylation sites (tertiary alicyclic amines) is 1. The maximum absolute atomic E-state index is 2.66. The molecule has 1 aliphatic rings. The molecule has 0 spiro atoms. The first-order chi connectivity index (χ1) is 10.1. The summed E-state index contributed by atoms with van der Waals surface area (Å²) in [5.74, 6) is 0. The number of hydrogen-bond donors (Lipinski definition) is 0. The van der Waals surface area contributed by atoms with E-state index in [-0.39, 0.29) is 5.54 Å². The lowest BCUT2D eigenvalue weighted by Gasteiger charge is -2.38. The summed E-state index contributed by atoms with van der Waals surface area (Å²) in [6.45, 7) is 8.20. The van der Waals surface area contributed by atoms with Crippen molar-refractivity contribution in [2.24, 2.45) is 0 Å². The predicted octanol–water partition coefficient (Wildman–Crippen LogP) is 5.29. The number of benzene rings is 2. The molecule has 1 unspecified atom stereocenters. The van der Waals surface area contributed by atoms with Crippen LogP contribution in [0.3, 0.4) is 0 Å². The van der Waals surface area contributed by atoms with Gasteiger partial charge in [0.1, 0.15) is 0 Å². The van der Waals surface area contributed by atoms with E-state index < -0.39 is 0 Å². The molecular weight excluding hydrogens is 254 g/mol.